The summed E-state index contributed by atoms with van der Waals surface area (Å²) in [6.07, 6.45) is 14.1. The molecule has 2 aliphatic rings. The lowest BCUT2D eigenvalue weighted by Crippen LogP contribution is -2.03. The van der Waals surface area contributed by atoms with Gasteiger partial charge in [0, 0.05) is 17.9 Å². The number of ketones is 1. The topological polar surface area (TPSA) is 17.1 Å². The second-order valence-electron chi connectivity index (χ2n) is 9.35. The zero-order chi connectivity index (χ0) is 22.0. The molecule has 0 N–H and O–H groups in total. The van der Waals surface area contributed by atoms with E-state index in [0.29, 0.717) is 18.1 Å². The van der Waals surface area contributed by atoms with Crippen LogP contribution in [0.15, 0.2) is 54.1 Å². The van der Waals surface area contributed by atoms with E-state index in [2.05, 4.69) is 76.3 Å². The normalized spacial score (nSPS) is 17.5. The van der Waals surface area contributed by atoms with E-state index in [9.17, 15) is 4.79 Å². The van der Waals surface area contributed by atoms with Crippen molar-refractivity contribution in [1.82, 2.24) is 0 Å². The highest BCUT2D eigenvalue weighted by molar-refractivity contribution is 6.03. The van der Waals surface area contributed by atoms with Gasteiger partial charge in [-0.05, 0) is 78.8 Å². The average Bonchev–Trinajstić information content (AvgIpc) is 3.32. The van der Waals surface area contributed by atoms with Gasteiger partial charge in [-0.3, -0.25) is 4.79 Å². The van der Waals surface area contributed by atoms with Crippen LogP contribution in [0, 0.1) is 5.92 Å². The SMILES string of the molecule is C/C=C(C)\C=C/Cc1ccc2c(c1)-c1c(ccc3c1CCC3=O)C2CCC(CC)CC. The summed E-state index contributed by atoms with van der Waals surface area (Å²) in [6.45, 7) is 8.85. The quantitative estimate of drug-likeness (QED) is 0.399. The lowest BCUT2D eigenvalue weighted by molar-refractivity contribution is 0.0994. The molecular weight excluding hydrogens is 376 g/mol. The fraction of sp³-hybridized carbons (Fsp3) is 0.433. The molecule has 0 saturated heterocycles. The van der Waals surface area contributed by atoms with Gasteiger partial charge in [-0.1, -0.05) is 80.8 Å². The van der Waals surface area contributed by atoms with Crippen molar-refractivity contribution in [2.75, 3.05) is 0 Å². The monoisotopic (exact) mass is 412 g/mol. The smallest absolute Gasteiger partial charge is 0.163 e. The fourth-order valence-corrected chi connectivity index (χ4v) is 5.47. The molecule has 1 nitrogen and oxygen atoms in total. The third-order valence-corrected chi connectivity index (χ3v) is 7.59. The summed E-state index contributed by atoms with van der Waals surface area (Å²) in [5, 5.41) is 0. The highest BCUT2D eigenvalue weighted by Gasteiger charge is 2.34. The molecule has 0 amide bonds. The number of carbonyl (C=O) groups excluding carboxylic acids is 1. The Hall–Kier alpha value is -2.41. The van der Waals surface area contributed by atoms with Crippen molar-refractivity contribution in [1.29, 1.82) is 0 Å². The van der Waals surface area contributed by atoms with Crippen molar-refractivity contribution >= 4 is 5.78 Å². The first kappa shape index (κ1) is 21.8. The van der Waals surface area contributed by atoms with Crippen molar-refractivity contribution in [2.24, 2.45) is 5.92 Å². The number of Topliss-reactive ketones (excluding diaryl/α,β-unsaturated/α-hetero) is 1. The minimum absolute atomic E-state index is 0.320. The van der Waals surface area contributed by atoms with Gasteiger partial charge in [0.25, 0.3) is 0 Å². The number of fused-ring (bicyclic) bond motifs is 5. The van der Waals surface area contributed by atoms with Gasteiger partial charge < -0.3 is 0 Å². The Labute approximate surface area is 188 Å². The molecule has 0 aliphatic heterocycles. The first-order valence-corrected chi connectivity index (χ1v) is 12.2. The van der Waals surface area contributed by atoms with Crippen molar-refractivity contribution in [3.05, 3.63) is 82.0 Å². The summed E-state index contributed by atoms with van der Waals surface area (Å²) in [4.78, 5) is 12.4. The Kier molecular flexibility index (Phi) is 6.60. The van der Waals surface area contributed by atoms with Gasteiger partial charge in [0.15, 0.2) is 5.78 Å². The standard InChI is InChI=1S/C30H36O/c1-5-20(4)9-8-10-22-12-14-24-23(13-11-21(6-2)7-3)26-16-15-25-27(17-18-29(25)31)30(26)28(24)19-22/h5,8-9,12,14-16,19,21,23H,6-7,10-11,13,17-18H2,1-4H3/b9-8-,20-5-. The van der Waals surface area contributed by atoms with Crippen LogP contribution < -0.4 is 0 Å². The van der Waals surface area contributed by atoms with Crippen LogP contribution in [0.25, 0.3) is 11.1 Å². The molecule has 0 bridgehead atoms. The van der Waals surface area contributed by atoms with Crippen LogP contribution in [-0.4, -0.2) is 5.78 Å². The van der Waals surface area contributed by atoms with Crippen molar-refractivity contribution < 1.29 is 4.79 Å². The minimum Gasteiger partial charge on any atom is -0.294 e. The van der Waals surface area contributed by atoms with Gasteiger partial charge in [0.05, 0.1) is 0 Å². The van der Waals surface area contributed by atoms with E-state index in [1.165, 1.54) is 64.6 Å². The van der Waals surface area contributed by atoms with E-state index < -0.39 is 0 Å². The molecule has 2 aromatic carbocycles. The van der Waals surface area contributed by atoms with Crippen LogP contribution in [0.5, 0.6) is 0 Å². The number of hydrogen-bond donors (Lipinski definition) is 0. The summed E-state index contributed by atoms with van der Waals surface area (Å²) < 4.78 is 0. The number of allylic oxidation sites excluding steroid dienone is 4. The predicted octanol–water partition coefficient (Wildman–Crippen LogP) is 8.21. The number of benzene rings is 2. The minimum atomic E-state index is 0.320. The number of hydrogen-bond acceptors (Lipinski definition) is 1. The maximum atomic E-state index is 12.4. The molecule has 1 heteroatoms. The van der Waals surface area contributed by atoms with Gasteiger partial charge in [-0.2, -0.15) is 0 Å². The Morgan fingerprint density at radius 1 is 1.06 bits per heavy atom. The van der Waals surface area contributed by atoms with Crippen LogP contribution in [0.3, 0.4) is 0 Å². The van der Waals surface area contributed by atoms with E-state index >= 15 is 0 Å². The third kappa shape index (κ3) is 4.20. The molecule has 0 spiro atoms. The summed E-state index contributed by atoms with van der Waals surface area (Å²) in [5.41, 5.74) is 10.7. The molecule has 162 valence electrons. The first-order chi connectivity index (χ1) is 15.1. The first-order valence-electron chi connectivity index (χ1n) is 12.2. The summed E-state index contributed by atoms with van der Waals surface area (Å²) >= 11 is 0. The predicted molar refractivity (Wildman–Crippen MR) is 132 cm³/mol. The number of carbonyl (C=O) groups is 1. The lowest BCUT2D eigenvalue weighted by Gasteiger charge is -2.18. The van der Waals surface area contributed by atoms with Gasteiger partial charge in [0.1, 0.15) is 0 Å². The van der Waals surface area contributed by atoms with Crippen molar-refractivity contribution in [2.45, 2.75) is 78.6 Å². The molecule has 1 atom stereocenters. The maximum Gasteiger partial charge on any atom is 0.163 e. The van der Waals surface area contributed by atoms with E-state index in [1.54, 1.807) is 0 Å². The zero-order valence-electron chi connectivity index (χ0n) is 19.6. The van der Waals surface area contributed by atoms with E-state index in [-0.39, 0.29) is 0 Å². The zero-order valence-corrected chi connectivity index (χ0v) is 19.6. The van der Waals surface area contributed by atoms with Crippen LogP contribution in [0.4, 0.5) is 0 Å². The van der Waals surface area contributed by atoms with Crippen LogP contribution >= 0.6 is 0 Å². The average molecular weight is 413 g/mol. The molecule has 2 aliphatic carbocycles. The molecule has 4 rings (SSSR count). The van der Waals surface area contributed by atoms with Crippen molar-refractivity contribution in [3.8, 4) is 11.1 Å². The van der Waals surface area contributed by atoms with Crippen molar-refractivity contribution in [3.63, 3.8) is 0 Å². The highest BCUT2D eigenvalue weighted by atomic mass is 16.1. The molecule has 2 aromatic rings. The van der Waals surface area contributed by atoms with E-state index in [4.69, 9.17) is 0 Å². The van der Waals surface area contributed by atoms with Gasteiger partial charge in [0.2, 0.25) is 0 Å². The number of rotatable bonds is 8. The molecule has 31 heavy (non-hydrogen) atoms. The molecule has 0 heterocycles. The largest absolute Gasteiger partial charge is 0.294 e. The fourth-order valence-electron chi connectivity index (χ4n) is 5.47. The summed E-state index contributed by atoms with van der Waals surface area (Å²) in [7, 11) is 0. The van der Waals surface area contributed by atoms with E-state index in [1.807, 2.05) is 0 Å². The summed E-state index contributed by atoms with van der Waals surface area (Å²) in [5.74, 6) is 1.60. The van der Waals surface area contributed by atoms with Crippen LogP contribution in [0.2, 0.25) is 0 Å². The lowest BCUT2D eigenvalue weighted by atomic mass is 9.86. The Morgan fingerprint density at radius 2 is 1.84 bits per heavy atom. The van der Waals surface area contributed by atoms with E-state index in [0.717, 1.165) is 24.3 Å². The Bertz CT molecular complexity index is 1030. The summed E-state index contributed by atoms with van der Waals surface area (Å²) in [6, 6.07) is 11.5. The molecule has 0 aromatic heterocycles. The van der Waals surface area contributed by atoms with Gasteiger partial charge in [-0.25, -0.2) is 0 Å². The molecule has 1 unspecified atom stereocenters. The van der Waals surface area contributed by atoms with Crippen LogP contribution in [-0.2, 0) is 12.8 Å². The Morgan fingerprint density at radius 3 is 2.58 bits per heavy atom. The molecular formula is C30H36O. The second-order valence-corrected chi connectivity index (χ2v) is 9.35. The highest BCUT2D eigenvalue weighted by Crippen LogP contribution is 2.51. The second kappa shape index (κ2) is 9.39. The maximum absolute atomic E-state index is 12.4. The van der Waals surface area contributed by atoms with Crippen LogP contribution in [0.1, 0.15) is 98.3 Å². The van der Waals surface area contributed by atoms with Gasteiger partial charge in [-0.15, -0.1) is 0 Å². The Balaban J connectivity index is 1.73. The third-order valence-electron chi connectivity index (χ3n) is 7.59. The molecule has 0 saturated carbocycles. The molecule has 0 radical (unpaired) electrons. The molecule has 0 fully saturated rings. The van der Waals surface area contributed by atoms with Gasteiger partial charge >= 0.3 is 0 Å².